The third-order valence-corrected chi connectivity index (χ3v) is 7.78. The van der Waals surface area contributed by atoms with Gasteiger partial charge in [-0.3, -0.25) is 13.9 Å². The third-order valence-electron chi connectivity index (χ3n) is 5.86. The minimum atomic E-state index is -3.64. The summed E-state index contributed by atoms with van der Waals surface area (Å²) >= 11 is 12.2. The molecule has 0 fully saturated rings. The van der Waals surface area contributed by atoms with Crippen LogP contribution in [0.4, 0.5) is 5.69 Å². The van der Waals surface area contributed by atoms with E-state index in [1.807, 2.05) is 20.8 Å². The summed E-state index contributed by atoms with van der Waals surface area (Å²) < 4.78 is 32.2. The fourth-order valence-electron chi connectivity index (χ4n) is 4.04. The maximum Gasteiger partial charge on any atom is 0.242 e. The van der Waals surface area contributed by atoms with Crippen LogP contribution in [0.25, 0.3) is 0 Å². The summed E-state index contributed by atoms with van der Waals surface area (Å²) in [6.07, 6.45) is 2.60. The molecule has 0 bridgehead atoms. The molecule has 0 aliphatic heterocycles. The molecule has 38 heavy (non-hydrogen) atoms. The number of halogens is 2. The highest BCUT2D eigenvalue weighted by Gasteiger charge is 2.29. The van der Waals surface area contributed by atoms with Crippen molar-refractivity contribution in [1.29, 1.82) is 0 Å². The summed E-state index contributed by atoms with van der Waals surface area (Å²) in [6.45, 7) is 6.76. The van der Waals surface area contributed by atoms with Gasteiger partial charge in [-0.2, -0.15) is 0 Å². The van der Waals surface area contributed by atoms with E-state index in [0.29, 0.717) is 41.1 Å². The largest absolute Gasteiger partial charge is 0.492 e. The van der Waals surface area contributed by atoms with Gasteiger partial charge in [-0.1, -0.05) is 55.2 Å². The second-order valence-corrected chi connectivity index (χ2v) is 11.5. The van der Waals surface area contributed by atoms with Crippen molar-refractivity contribution in [2.75, 3.05) is 30.3 Å². The molecule has 0 spiro atoms. The molecule has 0 saturated heterocycles. The number of hydrogen-bond donors (Lipinski definition) is 1. The Morgan fingerprint density at radius 1 is 1.05 bits per heavy atom. The van der Waals surface area contributed by atoms with Gasteiger partial charge < -0.3 is 15.0 Å². The Balaban J connectivity index is 2.26. The number of hydrogen-bond acceptors (Lipinski definition) is 5. The Morgan fingerprint density at radius 2 is 1.76 bits per heavy atom. The van der Waals surface area contributed by atoms with Crippen molar-refractivity contribution in [3.63, 3.8) is 0 Å². The Bertz CT molecular complexity index is 1190. The zero-order valence-electron chi connectivity index (χ0n) is 22.4. The number of nitrogens with zero attached hydrogens (tertiary/aromatic N) is 2. The van der Waals surface area contributed by atoms with E-state index in [4.69, 9.17) is 27.9 Å². The molecule has 2 amide bonds. The number of anilines is 1. The number of para-hydroxylation sites is 2. The van der Waals surface area contributed by atoms with Gasteiger partial charge in [0.05, 0.1) is 28.6 Å². The predicted octanol–water partition coefficient (Wildman–Crippen LogP) is 5.27. The Morgan fingerprint density at radius 3 is 2.37 bits per heavy atom. The zero-order valence-corrected chi connectivity index (χ0v) is 24.7. The average molecular weight is 587 g/mol. The van der Waals surface area contributed by atoms with Crippen molar-refractivity contribution in [1.82, 2.24) is 10.2 Å². The lowest BCUT2D eigenvalue weighted by atomic mass is 10.1. The molecule has 0 radical (unpaired) electrons. The number of carbonyl (C=O) groups excluding carboxylic acids is 2. The van der Waals surface area contributed by atoms with E-state index in [1.165, 1.54) is 9.21 Å². The molecule has 0 aromatic heterocycles. The Hall–Kier alpha value is -2.49. The molecule has 1 N–H and O–H groups in total. The van der Waals surface area contributed by atoms with Crippen molar-refractivity contribution < 1.29 is 22.7 Å². The fraction of sp³-hybridized carbons (Fsp3) is 0.481. The lowest BCUT2D eigenvalue weighted by Crippen LogP contribution is -2.49. The van der Waals surface area contributed by atoms with Crippen LogP contribution < -0.4 is 14.4 Å². The number of carbonyl (C=O) groups is 2. The molecule has 1 atom stereocenters. The minimum Gasteiger partial charge on any atom is -0.492 e. The smallest absolute Gasteiger partial charge is 0.242 e. The SMILES string of the molecule is CCCNC(=O)C(CC)N(Cc1ccc(Cl)c(Cl)c1)C(=O)CCCN(c1ccccc1OCC)S(C)(=O)=O. The summed E-state index contributed by atoms with van der Waals surface area (Å²) in [4.78, 5) is 28.0. The van der Waals surface area contributed by atoms with E-state index in [0.717, 1.165) is 18.2 Å². The molecule has 0 aliphatic rings. The minimum absolute atomic E-state index is 0.0434. The normalized spacial score (nSPS) is 12.1. The van der Waals surface area contributed by atoms with Gasteiger partial charge in [-0.25, -0.2) is 8.42 Å². The molecule has 0 saturated carbocycles. The Labute approximate surface area is 236 Å². The van der Waals surface area contributed by atoms with Crippen molar-refractivity contribution in [2.45, 2.75) is 59.0 Å². The highest BCUT2D eigenvalue weighted by molar-refractivity contribution is 7.92. The topological polar surface area (TPSA) is 96.0 Å². The van der Waals surface area contributed by atoms with Gasteiger partial charge in [0, 0.05) is 26.1 Å². The van der Waals surface area contributed by atoms with Crippen LogP contribution in [-0.4, -0.2) is 57.1 Å². The summed E-state index contributed by atoms with van der Waals surface area (Å²) in [5.41, 5.74) is 1.15. The molecule has 1 unspecified atom stereocenters. The number of benzene rings is 2. The highest BCUT2D eigenvalue weighted by atomic mass is 35.5. The van der Waals surface area contributed by atoms with E-state index >= 15 is 0 Å². The van der Waals surface area contributed by atoms with E-state index < -0.39 is 16.1 Å². The first-order valence-corrected chi connectivity index (χ1v) is 15.3. The van der Waals surface area contributed by atoms with E-state index in [1.54, 1.807) is 42.5 Å². The molecule has 11 heteroatoms. The van der Waals surface area contributed by atoms with E-state index in [-0.39, 0.29) is 37.7 Å². The van der Waals surface area contributed by atoms with Crippen LogP contribution >= 0.6 is 23.2 Å². The molecular weight excluding hydrogens is 549 g/mol. The van der Waals surface area contributed by atoms with Crippen LogP contribution in [0.2, 0.25) is 10.0 Å². The summed E-state index contributed by atoms with van der Waals surface area (Å²) in [5.74, 6) is -0.0427. The highest BCUT2D eigenvalue weighted by Crippen LogP contribution is 2.30. The molecule has 2 aromatic carbocycles. The van der Waals surface area contributed by atoms with Gasteiger partial charge in [0.1, 0.15) is 11.8 Å². The number of ether oxygens (including phenoxy) is 1. The van der Waals surface area contributed by atoms with Gasteiger partial charge in [0.25, 0.3) is 0 Å². The first-order chi connectivity index (χ1) is 18.0. The van der Waals surface area contributed by atoms with Gasteiger partial charge in [0.2, 0.25) is 21.8 Å². The van der Waals surface area contributed by atoms with Crippen molar-refractivity contribution in [2.24, 2.45) is 0 Å². The monoisotopic (exact) mass is 585 g/mol. The van der Waals surface area contributed by atoms with Crippen LogP contribution in [0.3, 0.4) is 0 Å². The second kappa shape index (κ2) is 15.2. The molecule has 8 nitrogen and oxygen atoms in total. The molecule has 0 aliphatic carbocycles. The van der Waals surface area contributed by atoms with Crippen molar-refractivity contribution in [3.8, 4) is 5.75 Å². The number of amides is 2. The third kappa shape index (κ3) is 9.06. The zero-order chi connectivity index (χ0) is 28.3. The molecule has 210 valence electrons. The van der Waals surface area contributed by atoms with Gasteiger partial charge in [-0.15, -0.1) is 0 Å². The van der Waals surface area contributed by atoms with Gasteiger partial charge >= 0.3 is 0 Å². The number of sulfonamides is 1. The van der Waals surface area contributed by atoms with Gasteiger partial charge in [-0.05, 0) is 56.0 Å². The lowest BCUT2D eigenvalue weighted by molar-refractivity contribution is -0.141. The standard InChI is InChI=1S/C27H37Cl2N3O5S/c1-5-16-30-27(34)23(6-2)31(19-20-14-15-21(28)22(29)18-20)26(33)13-10-17-32(38(4,35)36)24-11-8-9-12-25(24)37-7-3/h8-9,11-12,14-15,18,23H,5-7,10,13,16-17,19H2,1-4H3,(H,30,34). The maximum atomic E-state index is 13.5. The van der Waals surface area contributed by atoms with Crippen molar-refractivity contribution in [3.05, 3.63) is 58.1 Å². The van der Waals surface area contributed by atoms with Gasteiger partial charge in [0.15, 0.2) is 0 Å². The van der Waals surface area contributed by atoms with Crippen LogP contribution in [0.15, 0.2) is 42.5 Å². The predicted molar refractivity (Wildman–Crippen MR) is 153 cm³/mol. The number of rotatable bonds is 15. The number of nitrogens with one attached hydrogen (secondary N) is 1. The lowest BCUT2D eigenvalue weighted by Gasteiger charge is -2.31. The summed E-state index contributed by atoms with van der Waals surface area (Å²) in [5, 5.41) is 3.63. The van der Waals surface area contributed by atoms with E-state index in [2.05, 4.69) is 5.32 Å². The van der Waals surface area contributed by atoms with Crippen LogP contribution in [0.1, 0.15) is 52.0 Å². The Kier molecular flexibility index (Phi) is 12.7. The average Bonchev–Trinajstić information content (AvgIpc) is 2.87. The first kappa shape index (κ1) is 31.7. The second-order valence-electron chi connectivity index (χ2n) is 8.82. The fourth-order valence-corrected chi connectivity index (χ4v) is 5.33. The van der Waals surface area contributed by atoms with Crippen LogP contribution in [0, 0.1) is 0 Å². The van der Waals surface area contributed by atoms with Crippen LogP contribution in [0.5, 0.6) is 5.75 Å². The quantitative estimate of drug-likeness (QED) is 0.307. The summed E-state index contributed by atoms with van der Waals surface area (Å²) in [7, 11) is -3.64. The maximum absolute atomic E-state index is 13.5. The van der Waals surface area contributed by atoms with Crippen LogP contribution in [-0.2, 0) is 26.2 Å². The van der Waals surface area contributed by atoms with Crippen molar-refractivity contribution >= 4 is 50.7 Å². The summed E-state index contributed by atoms with van der Waals surface area (Å²) in [6, 6.07) is 11.3. The first-order valence-electron chi connectivity index (χ1n) is 12.7. The van der Waals surface area contributed by atoms with E-state index in [9.17, 15) is 18.0 Å². The molecular formula is C27H37Cl2N3O5S. The molecule has 2 aromatic rings. The molecule has 2 rings (SSSR count). The molecule has 0 heterocycles.